The van der Waals surface area contributed by atoms with Gasteiger partial charge in [0.1, 0.15) is 0 Å². The zero-order chi connectivity index (χ0) is 12.0. The fourth-order valence-corrected chi connectivity index (χ4v) is 3.16. The quantitative estimate of drug-likeness (QED) is 0.806. The molecule has 0 amide bonds. The van der Waals surface area contributed by atoms with E-state index in [0.717, 1.165) is 12.5 Å². The van der Waals surface area contributed by atoms with Crippen molar-refractivity contribution in [3.05, 3.63) is 0 Å². The molecule has 1 atom stereocenters. The molecule has 96 valence electrons. The number of nitrogens with two attached hydrogens (primary N) is 1. The molecule has 0 spiro atoms. The molecule has 1 unspecified atom stereocenters. The van der Waals surface area contributed by atoms with E-state index in [9.17, 15) is 0 Å². The molecule has 3 heteroatoms. The van der Waals surface area contributed by atoms with Gasteiger partial charge in [0.05, 0.1) is 0 Å². The Balaban J connectivity index is 2.54. The molecule has 0 aromatic carbocycles. The Kier molecular flexibility index (Phi) is 6.16. The van der Waals surface area contributed by atoms with Crippen LogP contribution < -0.4 is 5.73 Å². The van der Waals surface area contributed by atoms with Gasteiger partial charge < -0.3 is 5.73 Å². The fourth-order valence-electron chi connectivity index (χ4n) is 2.27. The number of thioether (sulfide) groups is 1. The van der Waals surface area contributed by atoms with Gasteiger partial charge in [0.15, 0.2) is 0 Å². The van der Waals surface area contributed by atoms with Crippen molar-refractivity contribution in [3.8, 4) is 0 Å². The third kappa shape index (κ3) is 4.27. The molecule has 1 aliphatic heterocycles. The van der Waals surface area contributed by atoms with Gasteiger partial charge in [0.2, 0.25) is 0 Å². The molecule has 1 aliphatic rings. The second kappa shape index (κ2) is 6.87. The maximum Gasteiger partial charge on any atom is 0.0304 e. The maximum absolute atomic E-state index is 6.03. The van der Waals surface area contributed by atoms with E-state index in [0.29, 0.717) is 0 Å². The van der Waals surface area contributed by atoms with E-state index in [1.165, 1.54) is 43.9 Å². The van der Waals surface area contributed by atoms with Gasteiger partial charge >= 0.3 is 0 Å². The minimum absolute atomic E-state index is 0.231. The van der Waals surface area contributed by atoms with E-state index in [1.807, 2.05) is 0 Å². The Hall–Kier alpha value is 0.270. The molecule has 1 heterocycles. The summed E-state index contributed by atoms with van der Waals surface area (Å²) in [6.45, 7) is 10.2. The third-order valence-corrected chi connectivity index (χ3v) is 4.73. The first-order chi connectivity index (χ1) is 7.58. The lowest BCUT2D eigenvalue weighted by Crippen LogP contribution is -2.52. The van der Waals surface area contributed by atoms with Gasteiger partial charge in [-0.05, 0) is 44.4 Å². The minimum atomic E-state index is 0.231. The summed E-state index contributed by atoms with van der Waals surface area (Å²) in [4.78, 5) is 2.63. The number of hydrogen-bond donors (Lipinski definition) is 1. The lowest BCUT2D eigenvalue weighted by atomic mass is 9.90. The van der Waals surface area contributed by atoms with Crippen molar-refractivity contribution in [1.29, 1.82) is 0 Å². The predicted molar refractivity (Wildman–Crippen MR) is 75.0 cm³/mol. The van der Waals surface area contributed by atoms with Crippen molar-refractivity contribution >= 4 is 11.8 Å². The summed E-state index contributed by atoms with van der Waals surface area (Å²) in [5.41, 5.74) is 6.26. The van der Waals surface area contributed by atoms with Crippen LogP contribution in [0.3, 0.4) is 0 Å². The predicted octanol–water partition coefficient (Wildman–Crippen LogP) is 2.58. The molecule has 0 aliphatic carbocycles. The normalized spacial score (nSPS) is 23.1. The van der Waals surface area contributed by atoms with Crippen molar-refractivity contribution in [2.75, 3.05) is 31.1 Å². The third-order valence-electron chi connectivity index (χ3n) is 3.69. The fraction of sp³-hybridized carbons (Fsp3) is 1.00. The van der Waals surface area contributed by atoms with E-state index < -0.39 is 0 Å². The first-order valence-corrected chi connectivity index (χ1v) is 7.77. The Labute approximate surface area is 105 Å². The highest BCUT2D eigenvalue weighted by Gasteiger charge is 2.30. The van der Waals surface area contributed by atoms with Crippen LogP contribution in [0.2, 0.25) is 0 Å². The van der Waals surface area contributed by atoms with E-state index in [4.69, 9.17) is 5.73 Å². The summed E-state index contributed by atoms with van der Waals surface area (Å²) in [5, 5.41) is 0. The monoisotopic (exact) mass is 244 g/mol. The highest BCUT2D eigenvalue weighted by atomic mass is 32.2. The molecule has 0 radical (unpaired) electrons. The molecular formula is C13H28N2S. The van der Waals surface area contributed by atoms with Crippen LogP contribution in [-0.4, -0.2) is 41.6 Å². The van der Waals surface area contributed by atoms with Gasteiger partial charge in [-0.15, -0.1) is 0 Å². The molecule has 0 aromatic rings. The summed E-state index contributed by atoms with van der Waals surface area (Å²) < 4.78 is 0. The highest BCUT2D eigenvalue weighted by Crippen LogP contribution is 2.25. The smallest absolute Gasteiger partial charge is 0.0304 e. The van der Waals surface area contributed by atoms with E-state index in [-0.39, 0.29) is 5.54 Å². The molecule has 2 nitrogen and oxygen atoms in total. The van der Waals surface area contributed by atoms with E-state index >= 15 is 0 Å². The van der Waals surface area contributed by atoms with Crippen molar-refractivity contribution in [2.45, 2.75) is 45.6 Å². The van der Waals surface area contributed by atoms with Crippen LogP contribution in [0.5, 0.6) is 0 Å². The SMILES string of the molecule is CC(C)CCC(C)(CN)N1CCCSCC1. The molecule has 0 saturated carbocycles. The van der Waals surface area contributed by atoms with Gasteiger partial charge in [0.25, 0.3) is 0 Å². The lowest BCUT2D eigenvalue weighted by molar-refractivity contribution is 0.105. The van der Waals surface area contributed by atoms with Crippen LogP contribution in [0.4, 0.5) is 0 Å². The zero-order valence-corrected chi connectivity index (χ0v) is 12.0. The number of nitrogens with zero attached hydrogens (tertiary/aromatic N) is 1. The van der Waals surface area contributed by atoms with Gasteiger partial charge in [-0.1, -0.05) is 13.8 Å². The standard InChI is InChI=1S/C13H28N2S/c1-12(2)5-6-13(3,11-14)15-7-4-9-16-10-8-15/h12H,4-11,14H2,1-3H3. The summed E-state index contributed by atoms with van der Waals surface area (Å²) in [6.07, 6.45) is 3.85. The molecule has 1 saturated heterocycles. The van der Waals surface area contributed by atoms with Gasteiger partial charge in [0, 0.05) is 24.4 Å². The van der Waals surface area contributed by atoms with Crippen LogP contribution in [0.15, 0.2) is 0 Å². The Morgan fingerprint density at radius 3 is 2.69 bits per heavy atom. The van der Waals surface area contributed by atoms with Crippen LogP contribution in [0.1, 0.15) is 40.0 Å². The van der Waals surface area contributed by atoms with E-state index in [1.54, 1.807) is 0 Å². The minimum Gasteiger partial charge on any atom is -0.329 e. The lowest BCUT2D eigenvalue weighted by Gasteiger charge is -2.40. The highest BCUT2D eigenvalue weighted by molar-refractivity contribution is 7.99. The second-order valence-electron chi connectivity index (χ2n) is 5.59. The first kappa shape index (κ1) is 14.3. The van der Waals surface area contributed by atoms with Crippen molar-refractivity contribution in [2.24, 2.45) is 11.7 Å². The largest absolute Gasteiger partial charge is 0.329 e. The number of hydrogen-bond acceptors (Lipinski definition) is 3. The molecule has 0 aromatic heterocycles. The average molecular weight is 244 g/mol. The van der Waals surface area contributed by atoms with Crippen LogP contribution in [0.25, 0.3) is 0 Å². The molecule has 16 heavy (non-hydrogen) atoms. The molecule has 2 N–H and O–H groups in total. The Morgan fingerprint density at radius 2 is 2.06 bits per heavy atom. The van der Waals surface area contributed by atoms with Crippen LogP contribution in [-0.2, 0) is 0 Å². The summed E-state index contributed by atoms with van der Waals surface area (Å²) >= 11 is 2.09. The average Bonchev–Trinajstić information content (AvgIpc) is 2.54. The van der Waals surface area contributed by atoms with Crippen LogP contribution >= 0.6 is 11.8 Å². The van der Waals surface area contributed by atoms with Gasteiger partial charge in [-0.25, -0.2) is 0 Å². The summed E-state index contributed by atoms with van der Waals surface area (Å²) in [7, 11) is 0. The molecule has 1 fully saturated rings. The Morgan fingerprint density at radius 1 is 1.31 bits per heavy atom. The maximum atomic E-state index is 6.03. The Bertz CT molecular complexity index is 188. The zero-order valence-electron chi connectivity index (χ0n) is 11.2. The molecule has 0 bridgehead atoms. The second-order valence-corrected chi connectivity index (χ2v) is 6.81. The van der Waals surface area contributed by atoms with Crippen molar-refractivity contribution < 1.29 is 0 Å². The number of rotatable bonds is 5. The van der Waals surface area contributed by atoms with E-state index in [2.05, 4.69) is 37.4 Å². The summed E-state index contributed by atoms with van der Waals surface area (Å²) in [5.74, 6) is 3.38. The van der Waals surface area contributed by atoms with Gasteiger partial charge in [-0.2, -0.15) is 11.8 Å². The van der Waals surface area contributed by atoms with Gasteiger partial charge in [-0.3, -0.25) is 4.90 Å². The van der Waals surface area contributed by atoms with Crippen molar-refractivity contribution in [3.63, 3.8) is 0 Å². The summed E-state index contributed by atoms with van der Waals surface area (Å²) in [6, 6.07) is 0. The van der Waals surface area contributed by atoms with Crippen LogP contribution in [0, 0.1) is 5.92 Å². The first-order valence-electron chi connectivity index (χ1n) is 6.61. The topological polar surface area (TPSA) is 29.3 Å². The molecular weight excluding hydrogens is 216 g/mol. The molecule has 1 rings (SSSR count). The van der Waals surface area contributed by atoms with Crippen molar-refractivity contribution in [1.82, 2.24) is 4.90 Å².